The van der Waals surface area contributed by atoms with Gasteiger partial charge >= 0.3 is 0 Å². The number of thiazole rings is 1. The lowest BCUT2D eigenvalue weighted by Gasteiger charge is -2.14. The van der Waals surface area contributed by atoms with Gasteiger partial charge in [0.1, 0.15) is 0 Å². The summed E-state index contributed by atoms with van der Waals surface area (Å²) in [6.07, 6.45) is 1.92. The first-order valence-electron chi connectivity index (χ1n) is 5.91. The standard InChI is InChI=1S/C14H18N2S/c1-10(2)12-4-6-13(7-5-12)16-11(3)14-8-15-9-17-14/h4-11,16H,1-3H3. The van der Waals surface area contributed by atoms with E-state index in [1.54, 1.807) is 11.3 Å². The number of nitrogens with one attached hydrogen (secondary N) is 1. The Balaban J connectivity index is 2.04. The number of benzene rings is 1. The van der Waals surface area contributed by atoms with Crippen LogP contribution in [-0.2, 0) is 0 Å². The highest BCUT2D eigenvalue weighted by Gasteiger charge is 2.06. The molecular weight excluding hydrogens is 228 g/mol. The van der Waals surface area contributed by atoms with Crippen molar-refractivity contribution < 1.29 is 0 Å². The summed E-state index contributed by atoms with van der Waals surface area (Å²) < 4.78 is 0. The molecular formula is C14H18N2S. The number of aromatic nitrogens is 1. The second-order valence-corrected chi connectivity index (χ2v) is 5.46. The van der Waals surface area contributed by atoms with Crippen molar-refractivity contribution in [2.75, 3.05) is 5.32 Å². The molecule has 17 heavy (non-hydrogen) atoms. The van der Waals surface area contributed by atoms with Crippen molar-refractivity contribution in [2.24, 2.45) is 0 Å². The Labute approximate surface area is 107 Å². The normalized spacial score (nSPS) is 12.7. The number of rotatable bonds is 4. The maximum atomic E-state index is 4.10. The van der Waals surface area contributed by atoms with Gasteiger partial charge in [-0.2, -0.15) is 0 Å². The molecule has 0 aliphatic heterocycles. The van der Waals surface area contributed by atoms with Crippen molar-refractivity contribution in [1.82, 2.24) is 4.98 Å². The summed E-state index contributed by atoms with van der Waals surface area (Å²) in [5, 5.41) is 3.48. The van der Waals surface area contributed by atoms with E-state index in [0.29, 0.717) is 12.0 Å². The third-order valence-electron chi connectivity index (χ3n) is 2.84. The van der Waals surface area contributed by atoms with Gasteiger partial charge < -0.3 is 5.32 Å². The van der Waals surface area contributed by atoms with Crippen molar-refractivity contribution in [1.29, 1.82) is 0 Å². The van der Waals surface area contributed by atoms with Crippen molar-refractivity contribution in [2.45, 2.75) is 32.7 Å². The van der Waals surface area contributed by atoms with E-state index in [1.165, 1.54) is 10.4 Å². The number of nitrogens with zero attached hydrogens (tertiary/aromatic N) is 1. The molecule has 0 aliphatic rings. The van der Waals surface area contributed by atoms with Gasteiger partial charge in [-0.25, -0.2) is 0 Å². The van der Waals surface area contributed by atoms with Crippen LogP contribution < -0.4 is 5.32 Å². The van der Waals surface area contributed by atoms with Gasteiger partial charge in [-0.15, -0.1) is 11.3 Å². The molecule has 90 valence electrons. The summed E-state index contributed by atoms with van der Waals surface area (Å²) in [4.78, 5) is 5.36. The number of anilines is 1. The molecule has 1 aromatic heterocycles. The van der Waals surface area contributed by atoms with Crippen LogP contribution in [0.2, 0.25) is 0 Å². The number of hydrogen-bond acceptors (Lipinski definition) is 3. The zero-order valence-corrected chi connectivity index (χ0v) is 11.3. The van der Waals surface area contributed by atoms with Crippen LogP contribution in [0.1, 0.15) is 43.2 Å². The summed E-state index contributed by atoms with van der Waals surface area (Å²) in [7, 11) is 0. The van der Waals surface area contributed by atoms with Gasteiger partial charge in [-0.3, -0.25) is 4.98 Å². The largest absolute Gasteiger partial charge is 0.378 e. The van der Waals surface area contributed by atoms with E-state index in [4.69, 9.17) is 0 Å². The van der Waals surface area contributed by atoms with Crippen molar-refractivity contribution >= 4 is 17.0 Å². The lowest BCUT2D eigenvalue weighted by molar-refractivity contribution is 0.864. The quantitative estimate of drug-likeness (QED) is 0.862. The van der Waals surface area contributed by atoms with Gasteiger partial charge in [0.25, 0.3) is 0 Å². The Bertz CT molecular complexity index is 446. The first-order chi connectivity index (χ1) is 8.16. The van der Waals surface area contributed by atoms with Crippen LogP contribution in [-0.4, -0.2) is 4.98 Å². The Morgan fingerprint density at radius 3 is 2.35 bits per heavy atom. The van der Waals surface area contributed by atoms with E-state index in [0.717, 1.165) is 5.69 Å². The molecule has 0 saturated carbocycles. The molecule has 1 unspecified atom stereocenters. The maximum absolute atomic E-state index is 4.10. The monoisotopic (exact) mass is 246 g/mol. The summed E-state index contributed by atoms with van der Waals surface area (Å²) >= 11 is 1.68. The topological polar surface area (TPSA) is 24.9 Å². The average molecular weight is 246 g/mol. The molecule has 0 aliphatic carbocycles. The minimum Gasteiger partial charge on any atom is -0.378 e. The second kappa shape index (κ2) is 5.32. The van der Waals surface area contributed by atoms with E-state index in [2.05, 4.69) is 55.3 Å². The summed E-state index contributed by atoms with van der Waals surface area (Å²) in [5.41, 5.74) is 4.41. The summed E-state index contributed by atoms with van der Waals surface area (Å²) in [6.45, 7) is 6.58. The zero-order chi connectivity index (χ0) is 12.3. The van der Waals surface area contributed by atoms with Crippen molar-refractivity contribution in [3.05, 3.63) is 46.4 Å². The van der Waals surface area contributed by atoms with E-state index in [-0.39, 0.29) is 0 Å². The number of hydrogen-bond donors (Lipinski definition) is 1. The molecule has 1 heterocycles. The minimum absolute atomic E-state index is 0.312. The fourth-order valence-electron chi connectivity index (χ4n) is 1.72. The molecule has 0 spiro atoms. The second-order valence-electron chi connectivity index (χ2n) is 4.55. The lowest BCUT2D eigenvalue weighted by atomic mass is 10.0. The predicted molar refractivity (Wildman–Crippen MR) is 74.7 cm³/mol. The highest BCUT2D eigenvalue weighted by atomic mass is 32.1. The molecule has 0 bridgehead atoms. The Morgan fingerprint density at radius 1 is 1.12 bits per heavy atom. The van der Waals surface area contributed by atoms with E-state index < -0.39 is 0 Å². The van der Waals surface area contributed by atoms with Gasteiger partial charge in [0, 0.05) is 16.8 Å². The molecule has 0 amide bonds. The van der Waals surface area contributed by atoms with Crippen LogP contribution in [0.4, 0.5) is 5.69 Å². The lowest BCUT2D eigenvalue weighted by Crippen LogP contribution is -2.04. The van der Waals surface area contributed by atoms with E-state index >= 15 is 0 Å². The van der Waals surface area contributed by atoms with Crippen LogP contribution in [0.3, 0.4) is 0 Å². The SMILES string of the molecule is CC(C)c1ccc(NC(C)c2cncs2)cc1. The van der Waals surface area contributed by atoms with Crippen LogP contribution in [0.5, 0.6) is 0 Å². The smallest absolute Gasteiger partial charge is 0.0795 e. The molecule has 0 radical (unpaired) electrons. The molecule has 3 heteroatoms. The van der Waals surface area contributed by atoms with Crippen LogP contribution in [0, 0.1) is 0 Å². The van der Waals surface area contributed by atoms with Gasteiger partial charge in [-0.05, 0) is 30.5 Å². The average Bonchev–Trinajstić information content (AvgIpc) is 2.83. The Morgan fingerprint density at radius 2 is 1.82 bits per heavy atom. The van der Waals surface area contributed by atoms with Gasteiger partial charge in [0.05, 0.1) is 11.6 Å². The first-order valence-corrected chi connectivity index (χ1v) is 6.79. The van der Waals surface area contributed by atoms with E-state index in [9.17, 15) is 0 Å². The molecule has 1 N–H and O–H groups in total. The fraction of sp³-hybridized carbons (Fsp3) is 0.357. The van der Waals surface area contributed by atoms with E-state index in [1.807, 2.05) is 11.7 Å². The minimum atomic E-state index is 0.312. The molecule has 1 atom stereocenters. The molecule has 2 rings (SSSR count). The maximum Gasteiger partial charge on any atom is 0.0795 e. The highest BCUT2D eigenvalue weighted by Crippen LogP contribution is 2.23. The van der Waals surface area contributed by atoms with Crippen LogP contribution in [0.25, 0.3) is 0 Å². The zero-order valence-electron chi connectivity index (χ0n) is 10.5. The summed E-state index contributed by atoms with van der Waals surface area (Å²) in [6, 6.07) is 8.98. The van der Waals surface area contributed by atoms with Gasteiger partial charge in [0.2, 0.25) is 0 Å². The Kier molecular flexibility index (Phi) is 3.79. The molecule has 0 saturated heterocycles. The molecule has 2 aromatic rings. The Hall–Kier alpha value is -1.35. The van der Waals surface area contributed by atoms with Crippen molar-refractivity contribution in [3.63, 3.8) is 0 Å². The van der Waals surface area contributed by atoms with Crippen LogP contribution in [0.15, 0.2) is 36.0 Å². The third-order valence-corrected chi connectivity index (χ3v) is 3.80. The van der Waals surface area contributed by atoms with Crippen molar-refractivity contribution in [3.8, 4) is 0 Å². The van der Waals surface area contributed by atoms with Gasteiger partial charge in [0.15, 0.2) is 0 Å². The van der Waals surface area contributed by atoms with Gasteiger partial charge in [-0.1, -0.05) is 26.0 Å². The molecule has 2 nitrogen and oxygen atoms in total. The molecule has 1 aromatic carbocycles. The first kappa shape index (κ1) is 12.1. The third kappa shape index (κ3) is 3.07. The predicted octanol–water partition coefficient (Wildman–Crippen LogP) is 4.44. The fourth-order valence-corrected chi connectivity index (χ4v) is 2.35. The van der Waals surface area contributed by atoms with Crippen LogP contribution >= 0.6 is 11.3 Å². The highest BCUT2D eigenvalue weighted by molar-refractivity contribution is 7.09. The summed E-state index contributed by atoms with van der Waals surface area (Å²) in [5.74, 6) is 0.586. The molecule has 0 fully saturated rings.